The second-order valence-electron chi connectivity index (χ2n) is 32.1. The molecule has 28 heteroatoms. The lowest BCUT2D eigenvalue weighted by molar-refractivity contribution is -0.133. The SMILES string of the molecule is CC(C)N(C)c1nc2c(nc1-c1cc3ccccc3o1)C=C(C(=O)O)C2.CC(C)N(C)c1nc2c(nc1-c1cccs1)C=C(C(=O)O)C2.CC(C)N(C)c1nc2c(nc1C1CCCC1)C=C(C(=O)O)C2.CC(C)N(C)c1nc2c(nc1C1CCCCC1)C=C(C(=O)O)C2.CN(c1ccccc1)c1nc2c(nc1-c1ccc(F)cc1)C=C(C(=O)O)C2. The Labute approximate surface area is 700 Å². The Morgan fingerprint density at radius 2 is 0.758 bits per heavy atom. The van der Waals surface area contributed by atoms with E-state index in [2.05, 4.69) is 75.1 Å². The Hall–Kier alpha value is -12.7. The molecular formula is C92H100FN15O11S. The number of benzene rings is 3. The maximum absolute atomic E-state index is 13.4. The zero-order valence-electron chi connectivity index (χ0n) is 69.7. The number of thiophene rings is 1. The van der Waals surface area contributed by atoms with Gasteiger partial charge in [0, 0.05) is 148 Å². The Bertz CT molecular complexity index is 5700. The quantitative estimate of drug-likeness (QED) is 0.0473. The van der Waals surface area contributed by atoms with Crippen LogP contribution in [0.3, 0.4) is 0 Å². The van der Waals surface area contributed by atoms with Crippen LogP contribution in [0, 0.1) is 5.82 Å². The van der Waals surface area contributed by atoms with Gasteiger partial charge in [0.05, 0.1) is 73.2 Å². The maximum atomic E-state index is 13.4. The van der Waals surface area contributed by atoms with Gasteiger partial charge in [0.2, 0.25) is 0 Å². The van der Waals surface area contributed by atoms with E-state index in [1.807, 2.05) is 123 Å². The van der Waals surface area contributed by atoms with Gasteiger partial charge < -0.3 is 54.4 Å². The molecule has 10 aromatic rings. The first-order valence-corrected chi connectivity index (χ1v) is 41.5. The first kappa shape index (κ1) is 85.2. The van der Waals surface area contributed by atoms with Crippen LogP contribution in [0.4, 0.5) is 39.2 Å². The number of nitrogens with zero attached hydrogens (tertiary/aromatic N) is 15. The molecule has 0 bridgehead atoms. The number of aliphatic carboxylic acids is 5. The van der Waals surface area contributed by atoms with Crippen molar-refractivity contribution in [2.24, 2.45) is 0 Å². The summed E-state index contributed by atoms with van der Waals surface area (Å²) in [5, 5.41) is 49.2. The third-order valence-electron chi connectivity index (χ3n) is 22.8. The molecule has 0 spiro atoms. The number of fused-ring (bicyclic) bond motifs is 6. The van der Waals surface area contributed by atoms with E-state index in [-0.39, 0.29) is 36.3 Å². The van der Waals surface area contributed by atoms with E-state index >= 15 is 0 Å². The van der Waals surface area contributed by atoms with Crippen LogP contribution in [0.1, 0.15) is 193 Å². The van der Waals surface area contributed by atoms with Crippen molar-refractivity contribution in [3.8, 4) is 33.3 Å². The zero-order chi connectivity index (χ0) is 85.7. The Morgan fingerprint density at radius 3 is 1.16 bits per heavy atom. The summed E-state index contributed by atoms with van der Waals surface area (Å²) in [7, 11) is 9.90. The van der Waals surface area contributed by atoms with E-state index < -0.39 is 29.8 Å². The van der Waals surface area contributed by atoms with Crippen LogP contribution in [0.2, 0.25) is 0 Å². The van der Waals surface area contributed by atoms with Crippen LogP contribution in [-0.4, -0.2) is 165 Å². The summed E-state index contributed by atoms with van der Waals surface area (Å²) < 4.78 is 19.4. The Kier molecular flexibility index (Phi) is 26.0. The number of furan rings is 1. The molecule has 7 aliphatic carbocycles. The fourth-order valence-electron chi connectivity index (χ4n) is 15.1. The molecule has 7 heterocycles. The largest absolute Gasteiger partial charge is 0.478 e. The number of halogens is 1. The fourth-order valence-corrected chi connectivity index (χ4v) is 15.8. The standard InChI is InChI=1S/C21H16FN3O2.C20H19N3O3.C18H25N3O2.C17H23N3O2.C16H17N3O2S/c1-25(16-5-3-2-4-6-16)20-19(13-7-9-15(22)10-8-13)23-17-11-14(21(26)27)12-18(17)24-20;1-11(2)23(3)19-18(17-10-12-6-4-5-7-16(12)26-17)21-14-8-13(20(24)25)9-15(14)22-19;1-11(2)21(3)17-16(12-7-5-4-6-8-12)19-14-9-13(18(22)23)10-15(14)20-17;1-10(2)20(3)16-15(11-6-4-5-7-11)18-13-8-12(17(21)22)9-14(13)19-16;1-9(2)19(3)15-14(13-5-4-6-22-13)17-11-7-10(16(20)21)8-12(11)18-15/h2-11H,12H2,1H3,(H,26,27);4-8,10-11H,9H2,1-3H3,(H,24,25);9,11-12H,4-8,10H2,1-3H3,(H,22,23);8,10-11H,4-7,9H2,1-3H3,(H,21,22);4-7,9H,8H2,1-3H3,(H,20,21). The minimum Gasteiger partial charge on any atom is -0.478 e. The average Bonchev–Trinajstić information content (AvgIpc) is 1.63. The Balaban J connectivity index is 0.000000130. The molecule has 7 aliphatic rings. The predicted molar refractivity (Wildman–Crippen MR) is 466 cm³/mol. The van der Waals surface area contributed by atoms with Gasteiger partial charge in [-0.05, 0) is 171 Å². The van der Waals surface area contributed by atoms with E-state index in [0.717, 1.165) is 110 Å². The van der Waals surface area contributed by atoms with Gasteiger partial charge in [-0.2, -0.15) is 0 Å². The van der Waals surface area contributed by atoms with Crippen molar-refractivity contribution >= 4 is 117 Å². The van der Waals surface area contributed by atoms with Crippen LogP contribution >= 0.6 is 11.3 Å². The molecule has 5 N–H and O–H groups in total. The minimum absolute atomic E-state index is 0.207. The summed E-state index contributed by atoms with van der Waals surface area (Å²) in [5.74, 6) is 0.577. The van der Waals surface area contributed by atoms with Gasteiger partial charge in [-0.15, -0.1) is 11.3 Å². The van der Waals surface area contributed by atoms with Gasteiger partial charge in [0.15, 0.2) is 34.8 Å². The molecule has 0 unspecified atom stereocenters. The molecule has 3 aromatic carbocycles. The number of anilines is 6. The molecule has 0 amide bonds. The van der Waals surface area contributed by atoms with E-state index in [4.69, 9.17) is 49.3 Å². The van der Waals surface area contributed by atoms with Gasteiger partial charge in [0.25, 0.3) is 0 Å². The summed E-state index contributed by atoms with van der Waals surface area (Å²) in [4.78, 5) is 115. The molecule has 17 rings (SSSR count). The van der Waals surface area contributed by atoms with Gasteiger partial charge in [-0.3, -0.25) is 0 Å². The second kappa shape index (κ2) is 36.7. The van der Waals surface area contributed by atoms with Gasteiger partial charge in [-0.1, -0.05) is 74.6 Å². The highest BCUT2D eigenvalue weighted by Gasteiger charge is 2.34. The van der Waals surface area contributed by atoms with Crippen molar-refractivity contribution in [3.05, 3.63) is 204 Å². The number of hydrogen-bond donors (Lipinski definition) is 5. The average molecular weight is 1640 g/mol. The fraction of sp³-hybridized carbons (Fsp3) is 0.359. The number of rotatable bonds is 20. The molecule has 0 aliphatic heterocycles. The third-order valence-corrected chi connectivity index (χ3v) is 23.7. The smallest absolute Gasteiger partial charge is 0.332 e. The van der Waals surface area contributed by atoms with E-state index in [1.54, 1.807) is 53.8 Å². The van der Waals surface area contributed by atoms with Gasteiger partial charge in [-0.25, -0.2) is 78.2 Å². The van der Waals surface area contributed by atoms with Crippen LogP contribution in [0.25, 0.3) is 74.6 Å². The van der Waals surface area contributed by atoms with E-state index in [1.165, 1.54) is 44.2 Å². The maximum Gasteiger partial charge on any atom is 0.332 e. The summed E-state index contributed by atoms with van der Waals surface area (Å²) in [6.07, 6.45) is 20.6. The monoisotopic (exact) mass is 1640 g/mol. The highest BCUT2D eigenvalue weighted by molar-refractivity contribution is 7.13. The molecule has 0 radical (unpaired) electrons. The molecule has 7 aromatic heterocycles. The van der Waals surface area contributed by atoms with Crippen molar-refractivity contribution in [2.75, 3.05) is 59.7 Å². The van der Waals surface area contributed by atoms with Crippen molar-refractivity contribution in [1.29, 1.82) is 0 Å². The van der Waals surface area contributed by atoms with E-state index in [0.29, 0.717) is 128 Å². The topological polar surface area (TPSA) is 345 Å². The summed E-state index contributed by atoms with van der Waals surface area (Å²) in [5.41, 5.74) is 15.1. The molecule has 120 heavy (non-hydrogen) atoms. The normalized spacial score (nSPS) is 14.8. The Morgan fingerprint density at radius 1 is 0.400 bits per heavy atom. The van der Waals surface area contributed by atoms with E-state index in [9.17, 15) is 53.9 Å². The van der Waals surface area contributed by atoms with Crippen LogP contribution in [0.15, 0.2) is 135 Å². The van der Waals surface area contributed by atoms with Crippen LogP contribution < -0.4 is 24.5 Å². The number of aromatic nitrogens is 10. The lowest BCUT2D eigenvalue weighted by Gasteiger charge is -2.29. The zero-order valence-corrected chi connectivity index (χ0v) is 70.6. The van der Waals surface area contributed by atoms with Crippen LogP contribution in [-0.2, 0) is 56.1 Å². The van der Waals surface area contributed by atoms with Gasteiger partial charge >= 0.3 is 29.8 Å². The molecule has 0 saturated heterocycles. The number of para-hydroxylation sites is 2. The van der Waals surface area contributed by atoms with Crippen LogP contribution in [0.5, 0.6) is 0 Å². The highest BCUT2D eigenvalue weighted by atomic mass is 32.1. The molecule has 622 valence electrons. The molecular weight excluding hydrogens is 1540 g/mol. The first-order valence-electron chi connectivity index (χ1n) is 40.6. The lowest BCUT2D eigenvalue weighted by atomic mass is 9.86. The molecule has 2 saturated carbocycles. The van der Waals surface area contributed by atoms with Crippen molar-refractivity contribution in [2.45, 2.75) is 181 Å². The molecule has 2 fully saturated rings. The first-order chi connectivity index (χ1) is 57.4. The van der Waals surface area contributed by atoms with Crippen molar-refractivity contribution < 1.29 is 58.3 Å². The number of carbonyl (C=O) groups is 5. The van der Waals surface area contributed by atoms with Gasteiger partial charge in [0.1, 0.15) is 28.5 Å². The second-order valence-corrected chi connectivity index (χ2v) is 33.1. The summed E-state index contributed by atoms with van der Waals surface area (Å²) >= 11 is 1.61. The van der Waals surface area contributed by atoms with Crippen molar-refractivity contribution in [3.63, 3.8) is 0 Å². The highest BCUT2D eigenvalue weighted by Crippen LogP contribution is 2.44. The number of carboxylic acid groups (broad SMARTS) is 5. The summed E-state index contributed by atoms with van der Waals surface area (Å²) in [6.45, 7) is 16.9. The number of hydrogen-bond acceptors (Lipinski definition) is 22. The summed E-state index contributed by atoms with van der Waals surface area (Å²) in [6, 6.07) is 30.6. The lowest BCUT2D eigenvalue weighted by Crippen LogP contribution is -2.29. The number of carboxylic acids is 5. The van der Waals surface area contributed by atoms with Crippen molar-refractivity contribution in [1.82, 2.24) is 49.8 Å². The molecule has 26 nitrogen and oxygen atoms in total. The predicted octanol–water partition coefficient (Wildman–Crippen LogP) is 17.3. The minimum atomic E-state index is -0.976. The molecule has 0 atom stereocenters. The third kappa shape index (κ3) is 18.9.